The lowest BCUT2D eigenvalue weighted by Gasteiger charge is -2.24. The number of nitrogens with one attached hydrogen (secondary N) is 1. The zero-order valence-corrected chi connectivity index (χ0v) is 18.1. The molecule has 1 atom stereocenters. The number of carbonyl (C=O) groups excluding carboxylic acids is 1. The van der Waals surface area contributed by atoms with E-state index in [-0.39, 0.29) is 11.7 Å². The number of imidazole rings is 1. The summed E-state index contributed by atoms with van der Waals surface area (Å²) in [6.07, 6.45) is 5.80. The number of hydrogen-bond donors (Lipinski definition) is 1. The highest BCUT2D eigenvalue weighted by Crippen LogP contribution is 2.31. The van der Waals surface area contributed by atoms with Crippen molar-refractivity contribution in [3.63, 3.8) is 0 Å². The maximum Gasteiger partial charge on any atom is 0.278 e. The molecule has 32 heavy (non-hydrogen) atoms. The standard InChI is InChI=1S/C23H20ClFN6O/c1-14-12-30(13-26-14)20-10-9-17(11-18(20)25)27-23(32)22-21-4-2-3-19(31(21)29-28-22)15-5-7-16(24)8-6-15/h5-13,19H,2-4H2,1H3,(H,27,32). The zero-order valence-electron chi connectivity index (χ0n) is 17.3. The van der Waals surface area contributed by atoms with Gasteiger partial charge in [0.15, 0.2) is 5.69 Å². The van der Waals surface area contributed by atoms with E-state index >= 15 is 0 Å². The van der Waals surface area contributed by atoms with Crippen LogP contribution in [0.1, 0.15) is 46.3 Å². The van der Waals surface area contributed by atoms with E-state index in [1.54, 1.807) is 29.2 Å². The highest BCUT2D eigenvalue weighted by atomic mass is 35.5. The van der Waals surface area contributed by atoms with Crippen molar-refractivity contribution in [2.45, 2.75) is 32.2 Å². The highest BCUT2D eigenvalue weighted by molar-refractivity contribution is 6.30. The Morgan fingerprint density at radius 1 is 1.22 bits per heavy atom. The minimum atomic E-state index is -0.465. The van der Waals surface area contributed by atoms with E-state index in [1.165, 1.54) is 6.07 Å². The molecular weight excluding hydrogens is 431 g/mol. The normalized spacial score (nSPS) is 15.4. The Balaban J connectivity index is 1.38. The molecule has 0 radical (unpaired) electrons. The largest absolute Gasteiger partial charge is 0.320 e. The molecule has 162 valence electrons. The van der Waals surface area contributed by atoms with Crippen molar-refractivity contribution in [1.82, 2.24) is 24.5 Å². The number of aromatic nitrogens is 5. The van der Waals surface area contributed by atoms with Crippen molar-refractivity contribution in [1.29, 1.82) is 0 Å². The Bertz CT molecular complexity index is 1300. The number of halogens is 2. The van der Waals surface area contributed by atoms with E-state index in [1.807, 2.05) is 35.9 Å². The smallest absolute Gasteiger partial charge is 0.278 e. The van der Waals surface area contributed by atoms with Crippen molar-refractivity contribution >= 4 is 23.2 Å². The van der Waals surface area contributed by atoms with Crippen molar-refractivity contribution in [2.75, 3.05) is 5.32 Å². The Hall–Kier alpha value is -3.52. The monoisotopic (exact) mass is 450 g/mol. The number of nitrogens with zero attached hydrogens (tertiary/aromatic N) is 5. The molecule has 7 nitrogen and oxygen atoms in total. The molecule has 2 aromatic heterocycles. The summed E-state index contributed by atoms with van der Waals surface area (Å²) >= 11 is 6.01. The molecule has 0 saturated carbocycles. The first kappa shape index (κ1) is 20.4. The maximum absolute atomic E-state index is 14.6. The number of fused-ring (bicyclic) bond motifs is 1. The van der Waals surface area contributed by atoms with Crippen LogP contribution < -0.4 is 5.32 Å². The number of carbonyl (C=O) groups is 1. The Morgan fingerprint density at radius 3 is 2.75 bits per heavy atom. The van der Waals surface area contributed by atoms with E-state index in [0.717, 1.165) is 29.8 Å². The molecule has 1 amide bonds. The van der Waals surface area contributed by atoms with E-state index in [2.05, 4.69) is 20.6 Å². The van der Waals surface area contributed by atoms with Gasteiger partial charge in [-0.15, -0.1) is 5.10 Å². The molecular formula is C23H20ClFN6O. The van der Waals surface area contributed by atoms with Crippen LogP contribution >= 0.6 is 11.6 Å². The summed E-state index contributed by atoms with van der Waals surface area (Å²) in [5.74, 6) is -0.873. The van der Waals surface area contributed by atoms with Crippen LogP contribution in [0.15, 0.2) is 55.0 Å². The number of aryl methyl sites for hydroxylation is 1. The molecule has 0 spiro atoms. The van der Waals surface area contributed by atoms with Gasteiger partial charge in [-0.1, -0.05) is 28.9 Å². The molecule has 3 heterocycles. The Morgan fingerprint density at radius 2 is 2.03 bits per heavy atom. The van der Waals surface area contributed by atoms with Gasteiger partial charge >= 0.3 is 0 Å². The highest BCUT2D eigenvalue weighted by Gasteiger charge is 2.28. The van der Waals surface area contributed by atoms with Gasteiger partial charge < -0.3 is 9.88 Å². The summed E-state index contributed by atoms with van der Waals surface area (Å²) in [4.78, 5) is 17.0. The van der Waals surface area contributed by atoms with Crippen LogP contribution in [0.4, 0.5) is 10.1 Å². The van der Waals surface area contributed by atoms with E-state index in [0.29, 0.717) is 22.8 Å². The summed E-state index contributed by atoms with van der Waals surface area (Å²) < 4.78 is 18.0. The molecule has 1 unspecified atom stereocenters. The summed E-state index contributed by atoms with van der Waals surface area (Å²) in [7, 11) is 0. The van der Waals surface area contributed by atoms with Crippen molar-refractivity contribution in [3.8, 4) is 5.69 Å². The number of hydrogen-bond acceptors (Lipinski definition) is 4. The lowest BCUT2D eigenvalue weighted by molar-refractivity contribution is 0.102. The molecule has 0 fully saturated rings. The van der Waals surface area contributed by atoms with Crippen molar-refractivity contribution in [3.05, 3.63) is 88.5 Å². The number of rotatable bonds is 4. The lowest BCUT2D eigenvalue weighted by Crippen LogP contribution is -2.22. The van der Waals surface area contributed by atoms with Gasteiger partial charge in [-0.25, -0.2) is 14.1 Å². The van der Waals surface area contributed by atoms with Crippen LogP contribution in [0.5, 0.6) is 0 Å². The Labute approximate surface area is 188 Å². The number of anilines is 1. The van der Waals surface area contributed by atoms with Gasteiger partial charge in [0.2, 0.25) is 0 Å². The average molecular weight is 451 g/mol. The molecule has 1 N–H and O–H groups in total. The maximum atomic E-state index is 14.6. The summed E-state index contributed by atoms with van der Waals surface area (Å²) in [6, 6.07) is 12.2. The molecule has 1 aliphatic heterocycles. The molecule has 9 heteroatoms. The fourth-order valence-electron chi connectivity index (χ4n) is 4.09. The fraction of sp³-hybridized carbons (Fsp3) is 0.217. The third-order valence-electron chi connectivity index (χ3n) is 5.64. The van der Waals surface area contributed by atoms with Crippen LogP contribution in [-0.2, 0) is 6.42 Å². The molecule has 0 bridgehead atoms. The summed E-state index contributed by atoms with van der Waals surface area (Å²) in [5, 5.41) is 11.8. The average Bonchev–Trinajstić information content (AvgIpc) is 3.41. The summed E-state index contributed by atoms with van der Waals surface area (Å²) in [5.41, 5.74) is 3.60. The van der Waals surface area contributed by atoms with E-state index in [9.17, 15) is 9.18 Å². The third kappa shape index (κ3) is 3.78. The predicted octanol–water partition coefficient (Wildman–Crippen LogP) is 4.74. The predicted molar refractivity (Wildman–Crippen MR) is 119 cm³/mol. The lowest BCUT2D eigenvalue weighted by atomic mass is 9.96. The third-order valence-corrected chi connectivity index (χ3v) is 5.89. The van der Waals surface area contributed by atoms with Crippen LogP contribution in [0.2, 0.25) is 5.02 Å². The molecule has 5 rings (SSSR count). The minimum absolute atomic E-state index is 0.000399. The van der Waals surface area contributed by atoms with Crippen LogP contribution in [0, 0.1) is 12.7 Å². The van der Waals surface area contributed by atoms with Crippen LogP contribution in [-0.4, -0.2) is 30.5 Å². The second-order valence-electron chi connectivity index (χ2n) is 7.83. The van der Waals surface area contributed by atoms with Gasteiger partial charge in [-0.2, -0.15) is 0 Å². The van der Waals surface area contributed by atoms with Gasteiger partial charge in [0.25, 0.3) is 5.91 Å². The molecule has 1 aliphatic rings. The first-order chi connectivity index (χ1) is 15.5. The van der Waals surface area contributed by atoms with Gasteiger partial charge in [0.1, 0.15) is 5.82 Å². The number of benzene rings is 2. The second-order valence-corrected chi connectivity index (χ2v) is 8.27. The topological polar surface area (TPSA) is 77.6 Å². The molecule has 0 saturated heterocycles. The quantitative estimate of drug-likeness (QED) is 0.487. The zero-order chi connectivity index (χ0) is 22.2. The SMILES string of the molecule is Cc1cn(-c2ccc(NC(=O)c3nnn4c3CCCC4c3ccc(Cl)cc3)cc2F)cn1. The van der Waals surface area contributed by atoms with Crippen molar-refractivity contribution in [2.24, 2.45) is 0 Å². The molecule has 4 aromatic rings. The first-order valence-corrected chi connectivity index (χ1v) is 10.7. The minimum Gasteiger partial charge on any atom is -0.320 e. The van der Waals surface area contributed by atoms with Crippen molar-refractivity contribution < 1.29 is 9.18 Å². The summed E-state index contributed by atoms with van der Waals surface area (Å²) in [6.45, 7) is 1.83. The second kappa shape index (κ2) is 8.20. The van der Waals surface area contributed by atoms with Gasteiger partial charge in [-0.05, 0) is 62.1 Å². The van der Waals surface area contributed by atoms with Gasteiger partial charge in [0, 0.05) is 16.9 Å². The van der Waals surface area contributed by atoms with E-state index in [4.69, 9.17) is 11.6 Å². The van der Waals surface area contributed by atoms with E-state index < -0.39 is 11.7 Å². The first-order valence-electron chi connectivity index (χ1n) is 10.3. The molecule has 2 aromatic carbocycles. The molecule has 0 aliphatic carbocycles. The van der Waals surface area contributed by atoms with Crippen LogP contribution in [0.25, 0.3) is 5.69 Å². The fourth-order valence-corrected chi connectivity index (χ4v) is 4.21. The number of amides is 1. The van der Waals surface area contributed by atoms with Crippen LogP contribution in [0.3, 0.4) is 0 Å². The van der Waals surface area contributed by atoms with Gasteiger partial charge in [-0.3, -0.25) is 4.79 Å². The Kier molecular flexibility index (Phi) is 5.22. The van der Waals surface area contributed by atoms with Gasteiger partial charge in [0.05, 0.1) is 29.4 Å².